The predicted molar refractivity (Wildman–Crippen MR) is 102 cm³/mol. The highest BCUT2D eigenvalue weighted by Crippen LogP contribution is 2.39. The first-order valence-electron chi connectivity index (χ1n) is 9.21. The normalized spacial score (nSPS) is 15.8. The first-order chi connectivity index (χ1) is 12.7. The molecule has 130 valence electrons. The molecule has 26 heavy (non-hydrogen) atoms. The van der Waals surface area contributed by atoms with Gasteiger partial charge in [0.1, 0.15) is 0 Å². The van der Waals surface area contributed by atoms with Gasteiger partial charge in [-0.15, -0.1) is 0 Å². The maximum atomic E-state index is 11.5. The smallest absolute Gasteiger partial charge is 0.335 e. The molecule has 0 unspecified atom stereocenters. The number of hydrogen-bond donors (Lipinski definition) is 1. The van der Waals surface area contributed by atoms with E-state index in [-0.39, 0.29) is 0 Å². The van der Waals surface area contributed by atoms with Crippen molar-refractivity contribution in [1.29, 1.82) is 0 Å². The van der Waals surface area contributed by atoms with Crippen molar-refractivity contribution in [3.8, 4) is 0 Å². The number of anilines is 1. The Labute approximate surface area is 152 Å². The molecule has 2 aromatic carbocycles. The number of aromatic nitrogens is 1. The van der Waals surface area contributed by atoms with Gasteiger partial charge < -0.3 is 10.0 Å². The Kier molecular flexibility index (Phi) is 3.45. The Morgan fingerprint density at radius 3 is 2.73 bits per heavy atom. The fraction of sp³-hybridized carbons (Fsp3) is 0.273. The van der Waals surface area contributed by atoms with E-state index in [2.05, 4.69) is 29.2 Å². The van der Waals surface area contributed by atoms with Crippen molar-refractivity contribution in [2.75, 3.05) is 11.4 Å². The lowest BCUT2D eigenvalue weighted by Crippen LogP contribution is -2.31. The van der Waals surface area contributed by atoms with Crippen molar-refractivity contribution in [2.45, 2.75) is 32.2 Å². The van der Waals surface area contributed by atoms with E-state index in [1.54, 1.807) is 12.1 Å². The molecule has 1 N–H and O–H groups in total. The number of aryl methyl sites for hydroxylation is 1. The zero-order chi connectivity index (χ0) is 17.7. The van der Waals surface area contributed by atoms with Crippen molar-refractivity contribution >= 4 is 22.6 Å². The lowest BCUT2D eigenvalue weighted by Gasteiger charge is -2.33. The van der Waals surface area contributed by atoms with E-state index in [1.807, 2.05) is 6.07 Å². The lowest BCUT2D eigenvalue weighted by atomic mass is 9.97. The van der Waals surface area contributed by atoms with Gasteiger partial charge in [0.15, 0.2) is 0 Å². The molecule has 1 aliphatic heterocycles. The zero-order valence-electron chi connectivity index (χ0n) is 14.5. The van der Waals surface area contributed by atoms with Crippen LogP contribution in [0.25, 0.3) is 10.9 Å². The van der Waals surface area contributed by atoms with Gasteiger partial charge in [-0.1, -0.05) is 24.3 Å². The summed E-state index contributed by atoms with van der Waals surface area (Å²) < 4.78 is 0. The predicted octanol–water partition coefficient (Wildman–Crippen LogP) is 3.98. The molecule has 0 atom stereocenters. The molecule has 0 bridgehead atoms. The van der Waals surface area contributed by atoms with Gasteiger partial charge >= 0.3 is 5.97 Å². The summed E-state index contributed by atoms with van der Waals surface area (Å²) in [6, 6.07) is 13.9. The van der Waals surface area contributed by atoms with E-state index in [4.69, 9.17) is 4.98 Å². The van der Waals surface area contributed by atoms with Gasteiger partial charge in [-0.2, -0.15) is 0 Å². The molecule has 5 rings (SSSR count). The fourth-order valence-corrected chi connectivity index (χ4v) is 4.42. The molecular formula is C22H20N2O2. The van der Waals surface area contributed by atoms with Crippen LogP contribution in [-0.4, -0.2) is 22.6 Å². The summed E-state index contributed by atoms with van der Waals surface area (Å²) in [7, 11) is 0. The highest BCUT2D eigenvalue weighted by Gasteiger charge is 2.26. The molecule has 1 aromatic heterocycles. The van der Waals surface area contributed by atoms with E-state index < -0.39 is 5.97 Å². The summed E-state index contributed by atoms with van der Waals surface area (Å²) in [5.41, 5.74) is 7.74. The highest BCUT2D eigenvalue weighted by atomic mass is 16.4. The van der Waals surface area contributed by atoms with E-state index in [0.29, 0.717) is 5.56 Å². The second kappa shape index (κ2) is 5.84. The van der Waals surface area contributed by atoms with Crippen LogP contribution in [0, 0.1) is 0 Å². The number of pyridine rings is 1. The topological polar surface area (TPSA) is 53.4 Å². The first kappa shape index (κ1) is 15.4. The van der Waals surface area contributed by atoms with Crippen LogP contribution >= 0.6 is 0 Å². The number of nitrogens with zero attached hydrogens (tertiary/aromatic N) is 2. The molecule has 0 saturated carbocycles. The third kappa shape index (κ3) is 2.37. The van der Waals surface area contributed by atoms with Crippen molar-refractivity contribution in [2.24, 2.45) is 0 Å². The highest BCUT2D eigenvalue weighted by molar-refractivity contribution is 6.00. The number of benzene rings is 2. The van der Waals surface area contributed by atoms with Crippen LogP contribution in [0.1, 0.15) is 39.2 Å². The summed E-state index contributed by atoms with van der Waals surface area (Å²) in [6.07, 6.45) is 4.20. The summed E-state index contributed by atoms with van der Waals surface area (Å²) in [6.45, 7) is 1.83. The Hall–Kier alpha value is -2.88. The number of carboxylic acids is 1. The van der Waals surface area contributed by atoms with Crippen molar-refractivity contribution in [3.05, 3.63) is 70.4 Å². The number of rotatable bonds is 2. The largest absolute Gasteiger partial charge is 0.478 e. The molecule has 0 fully saturated rings. The molecule has 4 nitrogen and oxygen atoms in total. The minimum atomic E-state index is -0.887. The molecule has 4 heteroatoms. The van der Waals surface area contributed by atoms with Gasteiger partial charge in [-0.3, -0.25) is 4.98 Å². The second-order valence-electron chi connectivity index (χ2n) is 7.22. The van der Waals surface area contributed by atoms with Crippen LogP contribution in [0.4, 0.5) is 5.69 Å². The van der Waals surface area contributed by atoms with E-state index in [1.165, 1.54) is 28.1 Å². The van der Waals surface area contributed by atoms with Crippen molar-refractivity contribution < 1.29 is 9.90 Å². The van der Waals surface area contributed by atoms with Crippen LogP contribution in [0.5, 0.6) is 0 Å². The van der Waals surface area contributed by atoms with Crippen LogP contribution < -0.4 is 4.90 Å². The third-order valence-electron chi connectivity index (χ3n) is 5.68. The van der Waals surface area contributed by atoms with Crippen LogP contribution in [0.2, 0.25) is 0 Å². The number of aromatic carboxylic acids is 1. The molecule has 2 aliphatic rings. The van der Waals surface area contributed by atoms with Crippen LogP contribution in [0.3, 0.4) is 0 Å². The average Bonchev–Trinajstić information content (AvgIpc) is 3.13. The van der Waals surface area contributed by atoms with Crippen molar-refractivity contribution in [3.63, 3.8) is 0 Å². The maximum Gasteiger partial charge on any atom is 0.335 e. The van der Waals surface area contributed by atoms with Gasteiger partial charge in [0.2, 0.25) is 0 Å². The number of carboxylic acid groups (broad SMARTS) is 1. The van der Waals surface area contributed by atoms with Crippen LogP contribution in [-0.2, 0) is 25.8 Å². The molecule has 0 spiro atoms. The van der Waals surface area contributed by atoms with E-state index in [0.717, 1.165) is 49.7 Å². The molecule has 1 aliphatic carbocycles. The van der Waals surface area contributed by atoms with Gasteiger partial charge in [0.05, 0.1) is 16.8 Å². The fourth-order valence-electron chi connectivity index (χ4n) is 4.42. The molecule has 3 aromatic rings. The van der Waals surface area contributed by atoms with Gasteiger partial charge in [-0.05, 0) is 60.6 Å². The number of fused-ring (bicyclic) bond motifs is 3. The monoisotopic (exact) mass is 344 g/mol. The lowest BCUT2D eigenvalue weighted by molar-refractivity contribution is 0.0697. The Balaban J connectivity index is 1.71. The minimum absolute atomic E-state index is 0.330. The van der Waals surface area contributed by atoms with E-state index in [9.17, 15) is 9.90 Å². The third-order valence-corrected chi connectivity index (χ3v) is 5.68. The molecule has 0 saturated heterocycles. The standard InChI is InChI=1S/C22H20N2O2/c25-22(26)15-8-9-20-18(12-15)21(17-6-3-7-19(17)23-20)24-11-10-14-4-1-2-5-16(14)13-24/h1-2,4-5,8-9,12H,3,6-7,10-11,13H2,(H,25,26). The molecular weight excluding hydrogens is 324 g/mol. The zero-order valence-corrected chi connectivity index (χ0v) is 14.5. The average molecular weight is 344 g/mol. The van der Waals surface area contributed by atoms with Crippen molar-refractivity contribution in [1.82, 2.24) is 4.98 Å². The summed E-state index contributed by atoms with van der Waals surface area (Å²) in [5, 5.41) is 10.4. The minimum Gasteiger partial charge on any atom is -0.478 e. The SMILES string of the molecule is O=C(O)c1ccc2nc3c(c(N4CCc5ccccc5C4)c2c1)CCC3. The summed E-state index contributed by atoms with van der Waals surface area (Å²) >= 11 is 0. The quantitative estimate of drug-likeness (QED) is 0.764. The van der Waals surface area contributed by atoms with Gasteiger partial charge in [0.25, 0.3) is 0 Å². The summed E-state index contributed by atoms with van der Waals surface area (Å²) in [5.74, 6) is -0.887. The number of hydrogen-bond acceptors (Lipinski definition) is 3. The molecule has 2 heterocycles. The Morgan fingerprint density at radius 1 is 1.04 bits per heavy atom. The van der Waals surface area contributed by atoms with Gasteiger partial charge in [-0.25, -0.2) is 4.79 Å². The summed E-state index contributed by atoms with van der Waals surface area (Å²) in [4.78, 5) is 18.8. The van der Waals surface area contributed by atoms with E-state index >= 15 is 0 Å². The molecule has 0 radical (unpaired) electrons. The van der Waals surface area contributed by atoms with Crippen LogP contribution in [0.15, 0.2) is 42.5 Å². The van der Waals surface area contributed by atoms with Gasteiger partial charge in [0, 0.05) is 24.2 Å². The second-order valence-corrected chi connectivity index (χ2v) is 7.22. The Morgan fingerprint density at radius 2 is 1.88 bits per heavy atom. The Bertz CT molecular complexity index is 1040. The maximum absolute atomic E-state index is 11.5. The first-order valence-corrected chi connectivity index (χ1v) is 9.21. The number of carbonyl (C=O) groups is 1. The molecule has 0 amide bonds.